The number of amides is 3. The van der Waals surface area contributed by atoms with E-state index in [0.717, 1.165) is 43.2 Å². The van der Waals surface area contributed by atoms with Gasteiger partial charge in [0.05, 0.1) is 24.2 Å². The second-order valence-electron chi connectivity index (χ2n) is 8.75. The Balaban J connectivity index is 1.73. The Bertz CT molecular complexity index is 865. The molecule has 0 spiro atoms. The normalized spacial score (nSPS) is 24.2. The summed E-state index contributed by atoms with van der Waals surface area (Å²) >= 11 is 0. The molecular weight excluding hydrogens is 398 g/mol. The third kappa shape index (κ3) is 5.59. The van der Waals surface area contributed by atoms with Gasteiger partial charge in [-0.2, -0.15) is 0 Å². The average Bonchev–Trinajstić information content (AvgIpc) is 3.06. The zero-order valence-corrected chi connectivity index (χ0v) is 19.1. The Morgan fingerprint density at radius 2 is 1.94 bits per heavy atom. The van der Waals surface area contributed by atoms with E-state index in [1.165, 1.54) is 6.92 Å². The summed E-state index contributed by atoms with van der Waals surface area (Å²) in [6.45, 7) is 13.0. The van der Waals surface area contributed by atoms with Gasteiger partial charge in [0.15, 0.2) is 0 Å². The van der Waals surface area contributed by atoms with E-state index in [1.807, 2.05) is 0 Å². The van der Waals surface area contributed by atoms with E-state index in [0.29, 0.717) is 5.69 Å². The Morgan fingerprint density at radius 1 is 1.26 bits per heavy atom. The van der Waals surface area contributed by atoms with Crippen molar-refractivity contribution in [3.8, 4) is 0 Å². The molecule has 0 saturated carbocycles. The van der Waals surface area contributed by atoms with Crippen LogP contribution in [-0.2, 0) is 25.7 Å². The van der Waals surface area contributed by atoms with Gasteiger partial charge < -0.3 is 14.6 Å². The van der Waals surface area contributed by atoms with E-state index in [1.54, 1.807) is 12.4 Å². The van der Waals surface area contributed by atoms with Gasteiger partial charge >= 0.3 is 0 Å². The monoisotopic (exact) mass is 431 g/mol. The molecule has 1 aromatic heterocycles. The van der Waals surface area contributed by atoms with Crippen molar-refractivity contribution in [3.05, 3.63) is 23.4 Å². The summed E-state index contributed by atoms with van der Waals surface area (Å²) in [6, 6.07) is 0. The average molecular weight is 432 g/mol. The molecule has 2 aliphatic rings. The van der Waals surface area contributed by atoms with Crippen molar-refractivity contribution >= 4 is 23.8 Å². The number of carbonyl (C=O) groups is 3. The zero-order chi connectivity index (χ0) is 22.7. The summed E-state index contributed by atoms with van der Waals surface area (Å²) < 4.78 is 7.91. The molecule has 170 valence electrons. The molecule has 0 bridgehead atoms. The molecule has 0 aliphatic carbocycles. The van der Waals surface area contributed by atoms with Crippen LogP contribution in [0.25, 0.3) is 6.08 Å². The highest BCUT2D eigenvalue weighted by Gasteiger charge is 2.31. The first-order valence-electron chi connectivity index (χ1n) is 10.9. The number of hydrogen-bond donors (Lipinski definition) is 1. The van der Waals surface area contributed by atoms with Gasteiger partial charge in [-0.1, -0.05) is 13.8 Å². The van der Waals surface area contributed by atoms with E-state index in [2.05, 4.69) is 47.5 Å². The maximum Gasteiger partial charge on any atom is 0.277 e. The standard InChI is InChI=1S/C22H33N5O4/c1-14(2)21-18(9-19-22(30)27(17(5)28)12-20(29)24-19)23-13-26(21)8-6-7-25-10-15(3)31-16(4)11-25/h9,13-16H,6-8,10-12H2,1-5H3,(H,24,29)/b19-9-. The number of hydrogen-bond acceptors (Lipinski definition) is 6. The minimum atomic E-state index is -0.507. The number of carbonyl (C=O) groups excluding carboxylic acids is 3. The Morgan fingerprint density at radius 3 is 2.55 bits per heavy atom. The van der Waals surface area contributed by atoms with Crippen LogP contribution in [0.5, 0.6) is 0 Å². The van der Waals surface area contributed by atoms with E-state index < -0.39 is 11.8 Å². The number of nitrogens with one attached hydrogen (secondary N) is 1. The van der Waals surface area contributed by atoms with Crippen molar-refractivity contribution in [1.29, 1.82) is 0 Å². The van der Waals surface area contributed by atoms with Crippen LogP contribution >= 0.6 is 0 Å². The molecule has 9 nitrogen and oxygen atoms in total. The van der Waals surface area contributed by atoms with Gasteiger partial charge in [0.1, 0.15) is 12.2 Å². The number of aromatic nitrogens is 2. The lowest BCUT2D eigenvalue weighted by atomic mass is 10.1. The van der Waals surface area contributed by atoms with Gasteiger partial charge in [-0.15, -0.1) is 0 Å². The SMILES string of the molecule is CC(=O)N1CC(=O)N/C(=C\c2ncn(CCCN3CC(C)OC(C)C3)c2C(C)C)C1=O. The van der Waals surface area contributed by atoms with Gasteiger partial charge in [0.25, 0.3) is 5.91 Å². The summed E-state index contributed by atoms with van der Waals surface area (Å²) in [4.78, 5) is 44.1. The first-order chi connectivity index (χ1) is 14.7. The van der Waals surface area contributed by atoms with Gasteiger partial charge in [-0.25, -0.2) is 4.98 Å². The third-order valence-corrected chi connectivity index (χ3v) is 5.54. The maximum atomic E-state index is 12.6. The maximum absolute atomic E-state index is 12.6. The largest absolute Gasteiger partial charge is 0.373 e. The number of morpholine rings is 1. The smallest absolute Gasteiger partial charge is 0.277 e. The van der Waals surface area contributed by atoms with Crippen LogP contribution in [0.3, 0.4) is 0 Å². The summed E-state index contributed by atoms with van der Waals surface area (Å²) in [5.41, 5.74) is 1.71. The number of piperazine rings is 1. The molecule has 2 unspecified atom stereocenters. The molecule has 9 heteroatoms. The molecule has 0 radical (unpaired) electrons. The Kier molecular flexibility index (Phi) is 7.27. The summed E-state index contributed by atoms with van der Waals surface area (Å²) in [5.74, 6) is -1.17. The summed E-state index contributed by atoms with van der Waals surface area (Å²) in [7, 11) is 0. The van der Waals surface area contributed by atoms with E-state index in [-0.39, 0.29) is 36.3 Å². The summed E-state index contributed by atoms with van der Waals surface area (Å²) in [6.07, 6.45) is 4.83. The molecule has 3 heterocycles. The molecule has 31 heavy (non-hydrogen) atoms. The number of ether oxygens (including phenoxy) is 1. The van der Waals surface area contributed by atoms with Gasteiger partial charge in [-0.3, -0.25) is 24.2 Å². The van der Waals surface area contributed by atoms with Crippen molar-refractivity contribution in [2.24, 2.45) is 0 Å². The van der Waals surface area contributed by atoms with Gasteiger partial charge in [0.2, 0.25) is 11.8 Å². The summed E-state index contributed by atoms with van der Waals surface area (Å²) in [5, 5.41) is 2.58. The van der Waals surface area contributed by atoms with E-state index in [9.17, 15) is 14.4 Å². The zero-order valence-electron chi connectivity index (χ0n) is 19.1. The van der Waals surface area contributed by atoms with Crippen molar-refractivity contribution in [1.82, 2.24) is 24.7 Å². The lowest BCUT2D eigenvalue weighted by molar-refractivity contribution is -0.147. The topological polar surface area (TPSA) is 96.8 Å². The molecular formula is C22H33N5O4. The fourth-order valence-electron chi connectivity index (χ4n) is 4.35. The Hall–Kier alpha value is -2.52. The van der Waals surface area contributed by atoms with Gasteiger partial charge in [0, 0.05) is 38.8 Å². The van der Waals surface area contributed by atoms with E-state index in [4.69, 9.17) is 4.74 Å². The predicted molar refractivity (Wildman–Crippen MR) is 116 cm³/mol. The van der Waals surface area contributed by atoms with Crippen molar-refractivity contribution in [2.75, 3.05) is 26.2 Å². The van der Waals surface area contributed by atoms with Crippen LogP contribution in [0.15, 0.2) is 12.0 Å². The highest BCUT2D eigenvalue weighted by molar-refractivity contribution is 6.12. The predicted octanol–water partition coefficient (Wildman–Crippen LogP) is 1.35. The van der Waals surface area contributed by atoms with Crippen LogP contribution < -0.4 is 5.32 Å². The number of nitrogens with zero attached hydrogens (tertiary/aromatic N) is 4. The molecule has 3 amide bonds. The molecule has 1 N–H and O–H groups in total. The minimum absolute atomic E-state index is 0.0786. The molecule has 3 rings (SSSR count). The van der Waals surface area contributed by atoms with E-state index >= 15 is 0 Å². The first kappa shape index (κ1) is 23.1. The quantitative estimate of drug-likeness (QED) is 0.683. The second-order valence-corrected chi connectivity index (χ2v) is 8.75. The molecule has 2 fully saturated rings. The molecule has 2 saturated heterocycles. The fourth-order valence-corrected chi connectivity index (χ4v) is 4.35. The number of rotatable bonds is 6. The highest BCUT2D eigenvalue weighted by atomic mass is 16.5. The molecule has 1 aromatic rings. The fraction of sp³-hybridized carbons (Fsp3) is 0.636. The van der Waals surface area contributed by atoms with Crippen LogP contribution in [0.4, 0.5) is 0 Å². The molecule has 2 aliphatic heterocycles. The number of imidazole rings is 1. The lowest BCUT2D eigenvalue weighted by Gasteiger charge is -2.35. The lowest BCUT2D eigenvalue weighted by Crippen LogP contribution is -2.51. The minimum Gasteiger partial charge on any atom is -0.373 e. The molecule has 2 atom stereocenters. The third-order valence-electron chi connectivity index (χ3n) is 5.54. The van der Waals surface area contributed by atoms with Crippen LogP contribution in [0, 0.1) is 0 Å². The highest BCUT2D eigenvalue weighted by Crippen LogP contribution is 2.22. The Labute approximate surface area is 183 Å². The molecule has 0 aromatic carbocycles. The van der Waals surface area contributed by atoms with Crippen LogP contribution in [-0.4, -0.2) is 75.5 Å². The van der Waals surface area contributed by atoms with Gasteiger partial charge in [-0.05, 0) is 32.3 Å². The van der Waals surface area contributed by atoms with Crippen molar-refractivity contribution in [3.63, 3.8) is 0 Å². The number of aryl methyl sites for hydroxylation is 1. The van der Waals surface area contributed by atoms with Crippen LogP contribution in [0.1, 0.15) is 58.3 Å². The van der Waals surface area contributed by atoms with Crippen molar-refractivity contribution in [2.45, 2.75) is 65.7 Å². The first-order valence-corrected chi connectivity index (χ1v) is 10.9. The second kappa shape index (κ2) is 9.74. The number of imide groups is 1. The van der Waals surface area contributed by atoms with Crippen molar-refractivity contribution < 1.29 is 19.1 Å². The van der Waals surface area contributed by atoms with Crippen LogP contribution in [0.2, 0.25) is 0 Å².